The number of piperidine rings is 1. The molecule has 0 spiro atoms. The summed E-state index contributed by atoms with van der Waals surface area (Å²) in [5, 5.41) is 16.5. The zero-order chi connectivity index (χ0) is 36.4. The normalized spacial score (nSPS) is 17.1. The van der Waals surface area contributed by atoms with E-state index < -0.39 is 15.3 Å². The second-order valence-electron chi connectivity index (χ2n) is 12.9. The van der Waals surface area contributed by atoms with Crippen molar-refractivity contribution in [2.45, 2.75) is 50.1 Å². The van der Waals surface area contributed by atoms with Crippen LogP contribution in [0, 0.1) is 0 Å². The molecule has 12 nitrogen and oxygen atoms in total. The Bertz CT molecular complexity index is 2230. The van der Waals surface area contributed by atoms with E-state index in [-0.39, 0.29) is 11.9 Å². The Kier molecular flexibility index (Phi) is 10.9. The highest BCUT2D eigenvalue weighted by molar-refractivity contribution is 7.89. The Hall–Kier alpha value is -3.89. The van der Waals surface area contributed by atoms with Crippen molar-refractivity contribution < 1.29 is 17.9 Å². The molecule has 5 aromatic rings. The van der Waals surface area contributed by atoms with E-state index in [0.29, 0.717) is 85.1 Å². The van der Waals surface area contributed by atoms with Crippen LogP contribution in [0.1, 0.15) is 36.3 Å². The van der Waals surface area contributed by atoms with Crippen molar-refractivity contribution in [1.29, 1.82) is 0 Å². The van der Waals surface area contributed by atoms with Crippen LogP contribution in [0.4, 0.5) is 11.5 Å². The third kappa shape index (κ3) is 8.03. The van der Waals surface area contributed by atoms with Gasteiger partial charge in [-0.15, -0.1) is 11.3 Å². The van der Waals surface area contributed by atoms with Crippen LogP contribution < -0.4 is 25.8 Å². The van der Waals surface area contributed by atoms with E-state index in [4.69, 9.17) is 43.0 Å². The van der Waals surface area contributed by atoms with Gasteiger partial charge in [0.05, 0.1) is 45.0 Å². The number of fused-ring (bicyclic) bond motifs is 1. The molecule has 7 rings (SSSR count). The highest BCUT2D eigenvalue weighted by Gasteiger charge is 2.28. The van der Waals surface area contributed by atoms with Gasteiger partial charge in [0.25, 0.3) is 0 Å². The quantitative estimate of drug-likeness (QED) is 0.116. The van der Waals surface area contributed by atoms with Gasteiger partial charge in [-0.25, -0.2) is 28.5 Å². The maximum absolute atomic E-state index is 11.8. The van der Waals surface area contributed by atoms with Gasteiger partial charge >= 0.3 is 0 Å². The fraction of sp³-hybridized carbons (Fsp3) is 0.333. The summed E-state index contributed by atoms with van der Waals surface area (Å²) in [6.45, 7) is 3.11. The molecule has 0 radical (unpaired) electrons. The number of ether oxygens (including phenoxy) is 1. The van der Waals surface area contributed by atoms with E-state index in [0.717, 1.165) is 43.9 Å². The summed E-state index contributed by atoms with van der Waals surface area (Å²) in [6.07, 6.45) is 4.15. The molecule has 0 bridgehead atoms. The molecule has 2 aliphatic heterocycles. The molecule has 5 heterocycles. The highest BCUT2D eigenvalue weighted by atomic mass is 35.5. The minimum absolute atomic E-state index is 0.0921. The lowest BCUT2D eigenvalue weighted by Gasteiger charge is -2.29. The molecular weight excluding hydrogens is 743 g/mol. The largest absolute Gasteiger partial charge is 0.481 e. The number of hydrogen-bond donors (Lipinski definition) is 4. The van der Waals surface area contributed by atoms with Gasteiger partial charge in [-0.1, -0.05) is 59.6 Å². The standard InChI is InChI=1S/C36H38Cl2N8O4S2/c1-50-36-21(18-40-19-22-9-11-30(47)42-22)8-10-27(44-36)26-6-2-4-24(32(26)37)25-5-3-7-28(33(25)38)43-35-34-29(12-15-41-35)51-31(45-34)20-46-16-13-23(14-17-46)52(39,48)49/h2-8,10,12,15,22-23,40H,9,11,13-14,16-20H2,1H3,(H,41,43)(H,42,47)(H2,39,48,49)/t22-/m1/s1. The zero-order valence-electron chi connectivity index (χ0n) is 28.4. The Morgan fingerprint density at radius 1 is 1.00 bits per heavy atom. The molecule has 2 aromatic carbocycles. The average Bonchev–Trinajstić information content (AvgIpc) is 3.75. The monoisotopic (exact) mass is 780 g/mol. The van der Waals surface area contributed by atoms with Gasteiger partial charge < -0.3 is 20.7 Å². The fourth-order valence-corrected chi connectivity index (χ4v) is 9.16. The van der Waals surface area contributed by atoms with Crippen molar-refractivity contribution in [3.63, 3.8) is 0 Å². The number of thiazole rings is 1. The Morgan fingerprint density at radius 3 is 2.48 bits per heavy atom. The van der Waals surface area contributed by atoms with Crippen molar-refractivity contribution >= 4 is 72.2 Å². The number of aromatic nitrogens is 3. The number of methoxy groups -OCH3 is 1. The predicted molar refractivity (Wildman–Crippen MR) is 207 cm³/mol. The van der Waals surface area contributed by atoms with Gasteiger partial charge in [0.2, 0.25) is 21.8 Å². The number of benzene rings is 2. The number of pyridine rings is 2. The van der Waals surface area contributed by atoms with Gasteiger partial charge in [0.15, 0.2) is 5.82 Å². The van der Waals surface area contributed by atoms with Gasteiger partial charge in [0, 0.05) is 54.0 Å². The molecule has 0 unspecified atom stereocenters. The van der Waals surface area contributed by atoms with Crippen LogP contribution >= 0.6 is 34.5 Å². The van der Waals surface area contributed by atoms with E-state index in [1.165, 1.54) is 0 Å². The molecule has 0 aliphatic carbocycles. The van der Waals surface area contributed by atoms with Gasteiger partial charge in [0.1, 0.15) is 10.5 Å². The molecule has 2 aliphatic rings. The van der Waals surface area contributed by atoms with E-state index in [2.05, 4.69) is 25.8 Å². The van der Waals surface area contributed by atoms with Crippen LogP contribution in [0.25, 0.3) is 32.6 Å². The van der Waals surface area contributed by atoms with Crippen LogP contribution in [0.2, 0.25) is 10.0 Å². The van der Waals surface area contributed by atoms with E-state index in [1.807, 2.05) is 54.6 Å². The molecule has 1 amide bonds. The predicted octanol–water partition coefficient (Wildman–Crippen LogP) is 6.10. The Morgan fingerprint density at radius 2 is 1.75 bits per heavy atom. The third-order valence-electron chi connectivity index (χ3n) is 9.45. The molecule has 0 saturated carbocycles. The van der Waals surface area contributed by atoms with Crippen LogP contribution in [-0.2, 0) is 27.9 Å². The second kappa shape index (κ2) is 15.6. The summed E-state index contributed by atoms with van der Waals surface area (Å²) in [5.41, 5.74) is 5.14. The summed E-state index contributed by atoms with van der Waals surface area (Å²) in [4.78, 5) is 28.0. The number of halogens is 2. The van der Waals surface area contributed by atoms with Crippen molar-refractivity contribution in [3.8, 4) is 28.3 Å². The molecule has 52 heavy (non-hydrogen) atoms. The summed E-state index contributed by atoms with van der Waals surface area (Å²) in [5.74, 6) is 1.16. The summed E-state index contributed by atoms with van der Waals surface area (Å²) >= 11 is 15.7. The number of nitrogens with two attached hydrogens (primary N) is 1. The number of nitrogens with one attached hydrogen (secondary N) is 3. The smallest absolute Gasteiger partial charge is 0.220 e. The number of hydrogen-bond acceptors (Lipinski definition) is 11. The van der Waals surface area contributed by atoms with Gasteiger partial charge in [-0.3, -0.25) is 9.69 Å². The molecule has 16 heteroatoms. The van der Waals surface area contributed by atoms with Crippen LogP contribution in [-0.4, -0.2) is 72.2 Å². The van der Waals surface area contributed by atoms with Crippen molar-refractivity contribution in [1.82, 2.24) is 30.5 Å². The molecule has 272 valence electrons. The lowest BCUT2D eigenvalue weighted by atomic mass is 10.00. The number of carbonyl (C=O) groups excluding carboxylic acids is 1. The van der Waals surface area contributed by atoms with Crippen molar-refractivity contribution in [2.24, 2.45) is 5.14 Å². The molecule has 2 fully saturated rings. The van der Waals surface area contributed by atoms with E-state index in [1.54, 1.807) is 24.6 Å². The van der Waals surface area contributed by atoms with Crippen molar-refractivity contribution in [2.75, 3.05) is 32.1 Å². The van der Waals surface area contributed by atoms with E-state index in [9.17, 15) is 13.2 Å². The molecule has 1 atom stereocenters. The zero-order valence-corrected chi connectivity index (χ0v) is 31.5. The summed E-state index contributed by atoms with van der Waals surface area (Å²) in [7, 11) is -1.93. The van der Waals surface area contributed by atoms with E-state index >= 15 is 0 Å². The maximum Gasteiger partial charge on any atom is 0.220 e. The first-order chi connectivity index (χ1) is 25.1. The van der Waals surface area contributed by atoms with Crippen molar-refractivity contribution in [3.05, 3.63) is 81.4 Å². The number of nitrogens with zero attached hydrogens (tertiary/aromatic N) is 4. The number of rotatable bonds is 12. The molecule has 2 saturated heterocycles. The molecular formula is C36H38Cl2N8O4S2. The Labute approximate surface area is 316 Å². The maximum atomic E-state index is 11.8. The van der Waals surface area contributed by atoms with Crippen LogP contribution in [0.3, 0.4) is 0 Å². The average molecular weight is 782 g/mol. The van der Waals surface area contributed by atoms with Gasteiger partial charge in [-0.2, -0.15) is 0 Å². The summed E-state index contributed by atoms with van der Waals surface area (Å²) < 4.78 is 30.2. The minimum atomic E-state index is -3.52. The fourth-order valence-electron chi connectivity index (χ4n) is 6.69. The first-order valence-electron chi connectivity index (χ1n) is 16.9. The third-order valence-corrected chi connectivity index (χ3v) is 12.7. The highest BCUT2D eigenvalue weighted by Crippen LogP contribution is 2.42. The van der Waals surface area contributed by atoms with Gasteiger partial charge in [-0.05, 0) is 50.6 Å². The number of amides is 1. The van der Waals surface area contributed by atoms with Crippen LogP contribution in [0.15, 0.2) is 60.8 Å². The SMILES string of the molecule is COc1nc(-c2cccc(-c3cccc(Nc4nccc5sc(CN6CCC(S(N)(=O)=O)CC6)nc45)c3Cl)c2Cl)ccc1CNC[C@H]1CCC(=O)N1. The minimum Gasteiger partial charge on any atom is -0.481 e. The lowest BCUT2D eigenvalue weighted by molar-refractivity contribution is -0.119. The number of likely N-dealkylation sites (tertiary alicyclic amines) is 1. The number of primary sulfonamides is 1. The topological polar surface area (TPSA) is 164 Å². The first kappa shape index (κ1) is 36.5. The Balaban J connectivity index is 1.08. The molecule has 5 N–H and O–H groups in total. The number of anilines is 2. The lowest BCUT2D eigenvalue weighted by Crippen LogP contribution is -2.41. The number of sulfonamides is 1. The summed E-state index contributed by atoms with van der Waals surface area (Å²) in [6, 6.07) is 17.4. The number of carbonyl (C=O) groups is 1. The van der Waals surface area contributed by atoms with Crippen LogP contribution in [0.5, 0.6) is 5.88 Å². The molecule has 3 aromatic heterocycles. The first-order valence-corrected chi connectivity index (χ1v) is 20.1. The second-order valence-corrected chi connectivity index (χ2v) is 16.7.